The van der Waals surface area contributed by atoms with Gasteiger partial charge in [-0.05, 0) is 50.0 Å². The molecule has 6 heteroatoms. The number of likely N-dealkylation sites (tertiary alicyclic amines) is 1. The molecule has 1 N–H and O–H groups in total. The molecule has 2 aliphatic heterocycles. The maximum atomic E-state index is 12.6. The number of hydrogen-bond acceptors (Lipinski definition) is 5. The summed E-state index contributed by atoms with van der Waals surface area (Å²) in [7, 11) is 0. The first-order valence-electron chi connectivity index (χ1n) is 8.67. The van der Waals surface area contributed by atoms with Crippen LogP contribution in [0.3, 0.4) is 0 Å². The van der Waals surface area contributed by atoms with E-state index < -0.39 is 0 Å². The van der Waals surface area contributed by atoms with Crippen LogP contribution < -0.4 is 5.32 Å². The summed E-state index contributed by atoms with van der Waals surface area (Å²) in [6, 6.07) is 2.36. The molecule has 3 heterocycles. The molecule has 3 fully saturated rings. The van der Waals surface area contributed by atoms with Gasteiger partial charge in [0, 0.05) is 31.9 Å². The average molecular weight is 316 g/mol. The van der Waals surface area contributed by atoms with Gasteiger partial charge in [-0.25, -0.2) is 9.97 Å². The maximum Gasteiger partial charge on any atom is 0.251 e. The topological polar surface area (TPSA) is 67.3 Å². The van der Waals surface area contributed by atoms with E-state index in [0.717, 1.165) is 64.0 Å². The zero-order valence-electron chi connectivity index (χ0n) is 13.4. The summed E-state index contributed by atoms with van der Waals surface area (Å²) >= 11 is 0. The van der Waals surface area contributed by atoms with Crippen LogP contribution in [-0.4, -0.2) is 52.6 Å². The van der Waals surface area contributed by atoms with Gasteiger partial charge in [0.1, 0.15) is 18.2 Å². The Hall–Kier alpha value is -1.69. The number of carbonyl (C=O) groups is 1. The molecular formula is C17H24N4O2. The van der Waals surface area contributed by atoms with Crippen LogP contribution in [-0.2, 0) is 9.53 Å². The van der Waals surface area contributed by atoms with Gasteiger partial charge in [0.15, 0.2) is 0 Å². The Labute approximate surface area is 136 Å². The highest BCUT2D eigenvalue weighted by Gasteiger charge is 2.50. The normalized spacial score (nSPS) is 33.5. The van der Waals surface area contributed by atoms with Crippen LogP contribution in [0, 0.1) is 5.41 Å². The highest BCUT2D eigenvalue weighted by atomic mass is 16.5. The fourth-order valence-corrected chi connectivity index (χ4v) is 4.27. The van der Waals surface area contributed by atoms with Gasteiger partial charge >= 0.3 is 0 Å². The Bertz CT molecular complexity index is 553. The molecular weight excluding hydrogens is 292 g/mol. The second-order valence-electron chi connectivity index (χ2n) is 7.21. The van der Waals surface area contributed by atoms with Crippen molar-refractivity contribution in [1.82, 2.24) is 14.9 Å². The molecule has 0 bridgehead atoms. The lowest BCUT2D eigenvalue weighted by molar-refractivity contribution is -0.146. The number of ether oxygens (including phenoxy) is 1. The van der Waals surface area contributed by atoms with E-state index in [-0.39, 0.29) is 12.0 Å². The number of nitrogens with zero attached hydrogens (tertiary/aromatic N) is 3. The summed E-state index contributed by atoms with van der Waals surface area (Å²) in [6.07, 6.45) is 9.58. The molecule has 1 aliphatic carbocycles. The predicted molar refractivity (Wildman–Crippen MR) is 85.9 cm³/mol. The molecule has 1 saturated carbocycles. The van der Waals surface area contributed by atoms with Crippen LogP contribution in [0.1, 0.15) is 38.5 Å². The number of amides is 1. The molecule has 1 amide bonds. The van der Waals surface area contributed by atoms with E-state index in [1.165, 1.54) is 0 Å². The van der Waals surface area contributed by atoms with Gasteiger partial charge in [-0.3, -0.25) is 4.79 Å². The standard InChI is InChI=1S/C17H24N4O2/c22-16(14-3-1-2-8-23-14)21-7-5-17(11-21)9-13(10-17)20-15-4-6-18-12-19-15/h4,6,12-14H,1-3,5,7-11H2,(H,18,19,20)/t13?,14-,17?/m1/s1. The number of nitrogens with one attached hydrogen (secondary N) is 1. The van der Waals surface area contributed by atoms with Crippen LogP contribution in [0.2, 0.25) is 0 Å². The smallest absolute Gasteiger partial charge is 0.251 e. The van der Waals surface area contributed by atoms with Crippen molar-refractivity contribution in [3.63, 3.8) is 0 Å². The highest BCUT2D eigenvalue weighted by Crippen LogP contribution is 2.49. The minimum atomic E-state index is -0.186. The van der Waals surface area contributed by atoms with Crippen LogP contribution in [0.25, 0.3) is 0 Å². The second-order valence-corrected chi connectivity index (χ2v) is 7.21. The fourth-order valence-electron chi connectivity index (χ4n) is 4.27. The Morgan fingerprint density at radius 2 is 2.30 bits per heavy atom. The lowest BCUT2D eigenvalue weighted by Gasteiger charge is -2.45. The average Bonchev–Trinajstić information content (AvgIpc) is 3.01. The van der Waals surface area contributed by atoms with Crippen LogP contribution in [0.4, 0.5) is 5.82 Å². The molecule has 124 valence electrons. The first-order chi connectivity index (χ1) is 11.2. The van der Waals surface area contributed by atoms with Crippen molar-refractivity contribution < 1.29 is 9.53 Å². The molecule has 1 aromatic heterocycles. The largest absolute Gasteiger partial charge is 0.368 e. The van der Waals surface area contributed by atoms with Gasteiger partial charge in [0.2, 0.25) is 0 Å². The molecule has 2 saturated heterocycles. The third kappa shape index (κ3) is 3.04. The van der Waals surface area contributed by atoms with Crippen LogP contribution >= 0.6 is 0 Å². The van der Waals surface area contributed by atoms with Crippen molar-refractivity contribution in [1.29, 1.82) is 0 Å². The molecule has 1 atom stereocenters. The Morgan fingerprint density at radius 1 is 1.39 bits per heavy atom. The number of rotatable bonds is 3. The minimum Gasteiger partial charge on any atom is -0.368 e. The summed E-state index contributed by atoms with van der Waals surface area (Å²) in [5.74, 6) is 1.11. The van der Waals surface area contributed by atoms with Gasteiger partial charge in [-0.2, -0.15) is 0 Å². The summed E-state index contributed by atoms with van der Waals surface area (Å²) in [4.78, 5) is 22.8. The SMILES string of the molecule is O=C([C@H]1CCCCO1)N1CCC2(CC(Nc3ccncn3)C2)C1. The van der Waals surface area contributed by atoms with Gasteiger partial charge in [-0.15, -0.1) is 0 Å². The van der Waals surface area contributed by atoms with Gasteiger partial charge in [0.05, 0.1) is 0 Å². The third-order valence-corrected chi connectivity index (χ3v) is 5.50. The minimum absolute atomic E-state index is 0.186. The molecule has 6 nitrogen and oxygen atoms in total. The van der Waals surface area contributed by atoms with E-state index in [2.05, 4.69) is 15.3 Å². The quantitative estimate of drug-likeness (QED) is 0.921. The van der Waals surface area contributed by atoms with Gasteiger partial charge < -0.3 is 15.0 Å². The molecule has 3 aliphatic rings. The van der Waals surface area contributed by atoms with E-state index in [1.807, 2.05) is 11.0 Å². The zero-order valence-corrected chi connectivity index (χ0v) is 13.4. The number of hydrogen-bond donors (Lipinski definition) is 1. The van der Waals surface area contributed by atoms with Crippen molar-refractivity contribution >= 4 is 11.7 Å². The molecule has 0 aromatic carbocycles. The number of aromatic nitrogens is 2. The van der Waals surface area contributed by atoms with Crippen LogP contribution in [0.15, 0.2) is 18.6 Å². The lowest BCUT2D eigenvalue weighted by Crippen LogP contribution is -2.48. The van der Waals surface area contributed by atoms with Crippen LogP contribution in [0.5, 0.6) is 0 Å². The van der Waals surface area contributed by atoms with E-state index >= 15 is 0 Å². The van der Waals surface area contributed by atoms with Crippen molar-refractivity contribution in [3.8, 4) is 0 Å². The predicted octanol–water partition coefficient (Wildman–Crippen LogP) is 1.84. The first kappa shape index (κ1) is 14.9. The summed E-state index contributed by atoms with van der Waals surface area (Å²) < 4.78 is 5.65. The summed E-state index contributed by atoms with van der Waals surface area (Å²) in [5, 5.41) is 3.46. The first-order valence-corrected chi connectivity index (χ1v) is 8.67. The monoisotopic (exact) mass is 316 g/mol. The van der Waals surface area contributed by atoms with Gasteiger partial charge in [-0.1, -0.05) is 0 Å². The number of anilines is 1. The van der Waals surface area contributed by atoms with Crippen molar-refractivity contribution in [2.75, 3.05) is 25.0 Å². The van der Waals surface area contributed by atoms with E-state index in [4.69, 9.17) is 4.74 Å². The highest BCUT2D eigenvalue weighted by molar-refractivity contribution is 5.81. The Balaban J connectivity index is 1.28. The third-order valence-electron chi connectivity index (χ3n) is 5.50. The second kappa shape index (κ2) is 6.07. The molecule has 0 radical (unpaired) electrons. The molecule has 0 unspecified atom stereocenters. The van der Waals surface area contributed by atoms with Gasteiger partial charge in [0.25, 0.3) is 5.91 Å². The van der Waals surface area contributed by atoms with Crippen molar-refractivity contribution in [3.05, 3.63) is 18.6 Å². The van der Waals surface area contributed by atoms with Crippen molar-refractivity contribution in [2.45, 2.75) is 50.7 Å². The molecule has 23 heavy (non-hydrogen) atoms. The Kier molecular flexibility index (Phi) is 3.93. The number of carbonyl (C=O) groups excluding carboxylic acids is 1. The maximum absolute atomic E-state index is 12.6. The molecule has 1 aromatic rings. The molecule has 4 rings (SSSR count). The summed E-state index contributed by atoms with van der Waals surface area (Å²) in [5.41, 5.74) is 0.315. The van der Waals surface area contributed by atoms with Crippen molar-refractivity contribution in [2.24, 2.45) is 5.41 Å². The fraction of sp³-hybridized carbons (Fsp3) is 0.706. The zero-order chi connectivity index (χ0) is 15.7. The van der Waals surface area contributed by atoms with E-state index in [0.29, 0.717) is 11.5 Å². The Morgan fingerprint density at radius 3 is 3.04 bits per heavy atom. The summed E-state index contributed by atoms with van der Waals surface area (Å²) in [6.45, 7) is 2.52. The molecule has 1 spiro atoms. The lowest BCUT2D eigenvalue weighted by atomic mass is 9.65. The van der Waals surface area contributed by atoms with E-state index in [9.17, 15) is 4.79 Å². The van der Waals surface area contributed by atoms with E-state index in [1.54, 1.807) is 12.5 Å².